The minimum Gasteiger partial charge on any atom is -0.365 e. The number of anilines is 2. The van der Waals surface area contributed by atoms with Crippen LogP contribution in [0.2, 0.25) is 5.02 Å². The molecule has 0 unspecified atom stereocenters. The third-order valence-corrected chi connectivity index (χ3v) is 3.94. The molecule has 25 heavy (non-hydrogen) atoms. The maximum Gasteiger partial charge on any atom is 0.208 e. The summed E-state index contributed by atoms with van der Waals surface area (Å²) in [6.07, 6.45) is 1.57. The zero-order valence-corrected chi connectivity index (χ0v) is 14.7. The molecule has 0 aliphatic heterocycles. The summed E-state index contributed by atoms with van der Waals surface area (Å²) in [6.45, 7) is 0.648. The van der Waals surface area contributed by atoms with Gasteiger partial charge in [0.2, 0.25) is 15.8 Å². The van der Waals surface area contributed by atoms with Crippen LogP contribution in [-0.4, -0.2) is 43.9 Å². The van der Waals surface area contributed by atoms with Gasteiger partial charge in [-0.25, -0.2) is 22.2 Å². The van der Waals surface area contributed by atoms with Crippen LogP contribution in [0.3, 0.4) is 0 Å². The average molecular weight is 391 g/mol. The molecule has 0 aliphatic rings. The van der Waals surface area contributed by atoms with Crippen molar-refractivity contribution in [3.05, 3.63) is 34.7 Å². The number of hydrogen-bond donors (Lipinski definition) is 4. The van der Waals surface area contributed by atoms with Crippen molar-refractivity contribution in [3.63, 3.8) is 0 Å². The lowest BCUT2D eigenvalue weighted by molar-refractivity contribution is 0.307. The Morgan fingerprint density at radius 1 is 1.36 bits per heavy atom. The number of hydrogen-bond acceptors (Lipinski definition) is 7. The number of nitrogens with zero attached hydrogens (tertiary/aromatic N) is 2. The molecule has 0 saturated carbocycles. The molecule has 9 nitrogen and oxygen atoms in total. The van der Waals surface area contributed by atoms with E-state index in [0.717, 1.165) is 6.26 Å². The summed E-state index contributed by atoms with van der Waals surface area (Å²) in [5.41, 5.74) is 0.527. The van der Waals surface area contributed by atoms with Gasteiger partial charge < -0.3 is 10.6 Å². The van der Waals surface area contributed by atoms with Crippen LogP contribution in [0.25, 0.3) is 0 Å². The first-order chi connectivity index (χ1) is 11.8. The highest BCUT2D eigenvalue weighted by Gasteiger charge is 2.15. The fourth-order valence-corrected chi connectivity index (χ4v) is 2.49. The normalized spacial score (nSPS) is 11.3. The lowest BCUT2D eigenvalue weighted by atomic mass is 10.3. The third kappa shape index (κ3) is 5.96. The van der Waals surface area contributed by atoms with Gasteiger partial charge in [0, 0.05) is 18.8 Å². The molecule has 1 aromatic heterocycles. The number of sulfonamides is 1. The minimum atomic E-state index is -3.23. The molecule has 0 aliphatic carbocycles. The molecule has 0 saturated heterocycles. The van der Waals surface area contributed by atoms with Crippen molar-refractivity contribution in [1.29, 1.82) is 5.41 Å². The second-order valence-corrected chi connectivity index (χ2v) is 7.28. The predicted molar refractivity (Wildman–Crippen MR) is 92.1 cm³/mol. The summed E-state index contributed by atoms with van der Waals surface area (Å²) in [5, 5.41) is 20.8. The van der Waals surface area contributed by atoms with E-state index in [2.05, 4.69) is 30.3 Å². The van der Waals surface area contributed by atoms with Crippen molar-refractivity contribution in [2.24, 2.45) is 0 Å². The van der Waals surface area contributed by atoms with Crippen molar-refractivity contribution in [3.8, 4) is 0 Å². The smallest absolute Gasteiger partial charge is 0.208 e. The zero-order valence-electron chi connectivity index (χ0n) is 13.1. The van der Waals surface area contributed by atoms with Gasteiger partial charge in [-0.05, 0) is 34.9 Å². The SMILES string of the molecule is CS(=O)(=O)NCCCNc1nonc1C(=N)Nc1ccc(F)c(Cl)c1. The van der Waals surface area contributed by atoms with Crippen molar-refractivity contribution in [2.75, 3.05) is 30.0 Å². The largest absolute Gasteiger partial charge is 0.365 e. The second kappa shape index (κ2) is 8.23. The van der Waals surface area contributed by atoms with Gasteiger partial charge in [0.05, 0.1) is 11.3 Å². The summed E-state index contributed by atoms with van der Waals surface area (Å²) in [4.78, 5) is 0. The monoisotopic (exact) mass is 390 g/mol. The number of nitrogens with one attached hydrogen (secondary N) is 4. The molecule has 136 valence electrons. The van der Waals surface area contributed by atoms with Crippen LogP contribution >= 0.6 is 11.6 Å². The molecule has 0 amide bonds. The van der Waals surface area contributed by atoms with Crippen LogP contribution in [0.4, 0.5) is 15.9 Å². The summed E-state index contributed by atoms with van der Waals surface area (Å²) in [6, 6.07) is 3.93. The number of halogens is 2. The Bertz CT molecular complexity index is 857. The van der Waals surface area contributed by atoms with Crippen molar-refractivity contribution in [1.82, 2.24) is 15.0 Å². The topological polar surface area (TPSA) is 133 Å². The highest BCUT2D eigenvalue weighted by molar-refractivity contribution is 7.88. The van der Waals surface area contributed by atoms with Gasteiger partial charge in [0.15, 0.2) is 11.5 Å². The first-order valence-electron chi connectivity index (χ1n) is 7.08. The van der Waals surface area contributed by atoms with Gasteiger partial charge in [-0.2, -0.15) is 0 Å². The van der Waals surface area contributed by atoms with Gasteiger partial charge in [-0.15, -0.1) is 0 Å². The summed E-state index contributed by atoms with van der Waals surface area (Å²) < 4.78 is 42.0. The average Bonchev–Trinajstić information content (AvgIpc) is 2.98. The molecule has 2 aromatic rings. The fraction of sp³-hybridized carbons (Fsp3) is 0.308. The Balaban J connectivity index is 1.91. The van der Waals surface area contributed by atoms with E-state index in [1.54, 1.807) is 0 Å². The van der Waals surface area contributed by atoms with Gasteiger partial charge in [-0.1, -0.05) is 11.6 Å². The number of amidine groups is 1. The van der Waals surface area contributed by atoms with Crippen molar-refractivity contribution < 1.29 is 17.4 Å². The number of rotatable bonds is 8. The molecule has 0 atom stereocenters. The third-order valence-electron chi connectivity index (χ3n) is 2.92. The Kier molecular flexibility index (Phi) is 6.28. The molecule has 0 bridgehead atoms. The van der Waals surface area contributed by atoms with Crippen LogP contribution in [0, 0.1) is 11.2 Å². The summed E-state index contributed by atoms with van der Waals surface area (Å²) in [7, 11) is -3.23. The standard InChI is InChI=1S/C13H16ClFN6O3S/c1-25(22,23)18-6-2-5-17-13-11(20-24-21-13)12(16)19-8-3-4-10(15)9(14)7-8/h3-4,7,18H,2,5-6H2,1H3,(H2,16,19)(H,17,21). The first-order valence-corrected chi connectivity index (χ1v) is 9.35. The Morgan fingerprint density at radius 2 is 2.12 bits per heavy atom. The van der Waals surface area contributed by atoms with Crippen LogP contribution in [-0.2, 0) is 10.0 Å². The number of aromatic nitrogens is 2. The molecule has 4 N–H and O–H groups in total. The maximum absolute atomic E-state index is 13.1. The van der Waals surface area contributed by atoms with Gasteiger partial charge in [0.1, 0.15) is 5.82 Å². The number of benzene rings is 1. The summed E-state index contributed by atoms with van der Waals surface area (Å²) >= 11 is 5.69. The predicted octanol–water partition coefficient (Wildman–Crippen LogP) is 1.65. The summed E-state index contributed by atoms with van der Waals surface area (Å²) in [5.74, 6) is -0.461. The van der Waals surface area contributed by atoms with E-state index in [4.69, 9.17) is 17.0 Å². The quantitative estimate of drug-likeness (QED) is 0.306. The Labute approximate surface area is 148 Å². The second-order valence-electron chi connectivity index (χ2n) is 5.04. The minimum absolute atomic E-state index is 0.0761. The van der Waals surface area contributed by atoms with Crippen LogP contribution in [0.15, 0.2) is 22.8 Å². The fourth-order valence-electron chi connectivity index (χ4n) is 1.80. The lowest BCUT2D eigenvalue weighted by Crippen LogP contribution is -2.24. The highest BCUT2D eigenvalue weighted by atomic mass is 35.5. The maximum atomic E-state index is 13.1. The first kappa shape index (κ1) is 19.1. The highest BCUT2D eigenvalue weighted by Crippen LogP contribution is 2.20. The molecule has 2 rings (SSSR count). The molecule has 12 heteroatoms. The van der Waals surface area contributed by atoms with Gasteiger partial charge in [0.25, 0.3) is 0 Å². The molecular weight excluding hydrogens is 375 g/mol. The molecule has 0 spiro atoms. The van der Waals surface area contributed by atoms with Crippen molar-refractivity contribution in [2.45, 2.75) is 6.42 Å². The van der Waals surface area contributed by atoms with E-state index in [0.29, 0.717) is 18.7 Å². The van der Waals surface area contributed by atoms with Crippen LogP contribution in [0.1, 0.15) is 12.1 Å². The van der Waals surface area contributed by atoms with E-state index in [9.17, 15) is 12.8 Å². The zero-order chi connectivity index (χ0) is 18.4. The Morgan fingerprint density at radius 3 is 2.80 bits per heavy atom. The van der Waals surface area contributed by atoms with E-state index in [-0.39, 0.29) is 28.9 Å². The van der Waals surface area contributed by atoms with Gasteiger partial charge in [-0.3, -0.25) is 5.41 Å². The van der Waals surface area contributed by atoms with E-state index >= 15 is 0 Å². The molecule has 1 aromatic carbocycles. The van der Waals surface area contributed by atoms with E-state index in [1.807, 2.05) is 0 Å². The van der Waals surface area contributed by atoms with Gasteiger partial charge >= 0.3 is 0 Å². The van der Waals surface area contributed by atoms with E-state index in [1.165, 1.54) is 18.2 Å². The molecule has 0 fully saturated rings. The van der Waals surface area contributed by atoms with Crippen LogP contribution in [0.5, 0.6) is 0 Å². The van der Waals surface area contributed by atoms with Crippen molar-refractivity contribution >= 4 is 39.0 Å². The molecule has 0 radical (unpaired) electrons. The molecular formula is C13H16ClFN6O3S. The lowest BCUT2D eigenvalue weighted by Gasteiger charge is -2.08. The van der Waals surface area contributed by atoms with Crippen LogP contribution < -0.4 is 15.4 Å². The molecule has 1 heterocycles. The van der Waals surface area contributed by atoms with E-state index < -0.39 is 15.8 Å². The Hall–Kier alpha value is -2.24.